The largest absolute Gasteiger partial charge is 0.491 e. The molecule has 1 fully saturated rings. The molecule has 9 heteroatoms. The Balaban J connectivity index is 0.00000141. The number of hydrogen-bond acceptors (Lipinski definition) is 7. The van der Waals surface area contributed by atoms with Gasteiger partial charge in [-0.25, -0.2) is 18.7 Å². The summed E-state index contributed by atoms with van der Waals surface area (Å²) in [6.07, 6.45) is 6.62. The van der Waals surface area contributed by atoms with Crippen LogP contribution in [0.5, 0.6) is 5.75 Å². The quantitative estimate of drug-likeness (QED) is 0.574. The summed E-state index contributed by atoms with van der Waals surface area (Å²) in [6, 6.07) is 8.47. The van der Waals surface area contributed by atoms with Crippen molar-refractivity contribution in [3.8, 4) is 5.75 Å². The first-order valence-electron chi connectivity index (χ1n) is 10.1. The zero-order chi connectivity index (χ0) is 23.1. The molecule has 170 valence electrons. The van der Waals surface area contributed by atoms with Crippen molar-refractivity contribution in [3.63, 3.8) is 0 Å². The Bertz CT molecular complexity index is 1120. The standard InChI is InChI=1S/C22H25FN4O2S.CH2O/c1-14-8-17(27-30(2)3)10-19-21(14)22(25-13-24-19)26-18-5-4-16(23)9-20(18)29-12-15-6-7-28-11-15;1-2/h4-5,8-10,13,15H,6-7,11-12H2,1-3H3,(H,24,25,26);1H2. The maximum absolute atomic E-state index is 13.9. The number of carbonyl (C=O) groups excluding carboxylic acids is 1. The lowest BCUT2D eigenvalue weighted by atomic mass is 10.1. The number of carbonyl (C=O) groups is 1. The van der Waals surface area contributed by atoms with Crippen LogP contribution >= 0.6 is 0 Å². The molecule has 3 aromatic rings. The molecule has 1 saturated heterocycles. The molecule has 0 saturated carbocycles. The second-order valence-corrected chi connectivity index (χ2v) is 9.28. The van der Waals surface area contributed by atoms with E-state index in [1.165, 1.54) is 18.5 Å². The predicted molar refractivity (Wildman–Crippen MR) is 127 cm³/mol. The fourth-order valence-corrected chi connectivity index (χ4v) is 4.03. The van der Waals surface area contributed by atoms with E-state index in [2.05, 4.69) is 32.2 Å². The van der Waals surface area contributed by atoms with Crippen molar-refractivity contribution in [1.29, 1.82) is 0 Å². The first-order valence-corrected chi connectivity index (χ1v) is 12.1. The number of aromatic nitrogens is 2. The zero-order valence-electron chi connectivity index (χ0n) is 18.4. The topological polar surface area (TPSA) is 85.7 Å². The average Bonchev–Trinajstić information content (AvgIpc) is 3.28. The fourth-order valence-electron chi connectivity index (χ4n) is 3.50. The van der Waals surface area contributed by atoms with E-state index in [-0.39, 0.29) is 16.5 Å². The number of nitrogens with zero attached hydrogens (tertiary/aromatic N) is 3. The van der Waals surface area contributed by atoms with Crippen molar-refractivity contribution in [1.82, 2.24) is 9.97 Å². The van der Waals surface area contributed by atoms with Gasteiger partial charge in [-0.05, 0) is 55.7 Å². The van der Waals surface area contributed by atoms with Gasteiger partial charge in [-0.3, -0.25) is 0 Å². The number of aryl methyl sites for hydroxylation is 1. The van der Waals surface area contributed by atoms with E-state index in [4.69, 9.17) is 14.3 Å². The maximum atomic E-state index is 13.9. The minimum Gasteiger partial charge on any atom is -0.491 e. The van der Waals surface area contributed by atoms with Gasteiger partial charge in [0.05, 0.1) is 30.1 Å². The molecule has 1 aliphatic heterocycles. The summed E-state index contributed by atoms with van der Waals surface area (Å²) >= 11 is 0. The molecule has 1 aromatic heterocycles. The highest BCUT2D eigenvalue weighted by Gasteiger charge is 2.18. The number of anilines is 2. The number of benzene rings is 2. The van der Waals surface area contributed by atoms with Crippen molar-refractivity contribution in [2.24, 2.45) is 10.3 Å². The zero-order valence-corrected chi connectivity index (χ0v) is 19.2. The molecule has 0 amide bonds. The van der Waals surface area contributed by atoms with Crippen LogP contribution in [0.3, 0.4) is 0 Å². The van der Waals surface area contributed by atoms with Gasteiger partial charge in [0, 0.05) is 24.0 Å². The van der Waals surface area contributed by atoms with Crippen LogP contribution in [0.1, 0.15) is 12.0 Å². The monoisotopic (exact) mass is 458 g/mol. The molecule has 32 heavy (non-hydrogen) atoms. The lowest BCUT2D eigenvalue weighted by Gasteiger charge is -2.16. The van der Waals surface area contributed by atoms with Gasteiger partial charge in [-0.1, -0.05) is 0 Å². The third-order valence-electron chi connectivity index (χ3n) is 4.90. The van der Waals surface area contributed by atoms with Gasteiger partial charge in [-0.15, -0.1) is 10.7 Å². The number of ether oxygens (including phenoxy) is 2. The highest BCUT2D eigenvalue weighted by atomic mass is 32.2. The highest BCUT2D eigenvalue weighted by molar-refractivity contribution is 7.85. The van der Waals surface area contributed by atoms with Crippen molar-refractivity contribution >= 4 is 45.6 Å². The fraction of sp³-hybridized carbons (Fsp3) is 0.348. The summed E-state index contributed by atoms with van der Waals surface area (Å²) in [7, 11) is -0.0587. The van der Waals surface area contributed by atoms with Crippen LogP contribution in [0.25, 0.3) is 10.9 Å². The summed E-state index contributed by atoms with van der Waals surface area (Å²) in [5.74, 6) is 1.09. The molecule has 0 spiro atoms. The van der Waals surface area contributed by atoms with Crippen LogP contribution in [0.2, 0.25) is 0 Å². The van der Waals surface area contributed by atoms with Gasteiger partial charge < -0.3 is 19.6 Å². The van der Waals surface area contributed by atoms with Crippen molar-refractivity contribution in [3.05, 3.63) is 48.0 Å². The first kappa shape index (κ1) is 23.7. The van der Waals surface area contributed by atoms with Gasteiger partial charge >= 0.3 is 0 Å². The van der Waals surface area contributed by atoms with E-state index < -0.39 is 0 Å². The predicted octanol–water partition coefficient (Wildman–Crippen LogP) is 4.74. The second kappa shape index (κ2) is 11.1. The Labute approximate surface area is 189 Å². The molecule has 1 unspecified atom stereocenters. The first-order chi connectivity index (χ1) is 15.5. The van der Waals surface area contributed by atoms with Crippen molar-refractivity contribution in [2.45, 2.75) is 13.3 Å². The smallest absolute Gasteiger partial charge is 0.145 e. The van der Waals surface area contributed by atoms with Crippen molar-refractivity contribution in [2.75, 3.05) is 37.6 Å². The number of rotatable bonds is 6. The third-order valence-corrected chi connectivity index (χ3v) is 5.48. The van der Waals surface area contributed by atoms with E-state index in [9.17, 15) is 4.39 Å². The van der Waals surface area contributed by atoms with E-state index in [1.807, 2.05) is 25.8 Å². The van der Waals surface area contributed by atoms with Gasteiger partial charge in [0.15, 0.2) is 0 Å². The summed E-state index contributed by atoms with van der Waals surface area (Å²) in [4.78, 5) is 16.9. The minimum atomic E-state index is -0.345. The van der Waals surface area contributed by atoms with Crippen molar-refractivity contribution < 1.29 is 18.7 Å². The normalized spacial score (nSPS) is 15.3. The molecule has 0 radical (unpaired) electrons. The van der Waals surface area contributed by atoms with Crippen LogP contribution in [-0.4, -0.2) is 49.1 Å². The van der Waals surface area contributed by atoms with E-state index in [1.54, 1.807) is 6.07 Å². The lowest BCUT2D eigenvalue weighted by molar-refractivity contribution is -0.0979. The molecule has 0 aliphatic carbocycles. The van der Waals surface area contributed by atoms with E-state index >= 15 is 0 Å². The van der Waals surface area contributed by atoms with Crippen LogP contribution in [0.4, 0.5) is 21.6 Å². The Hall–Kier alpha value is -2.91. The van der Waals surface area contributed by atoms with Crippen LogP contribution < -0.4 is 10.1 Å². The second-order valence-electron chi connectivity index (χ2n) is 7.55. The molecule has 2 heterocycles. The molecule has 1 atom stereocenters. The SMILES string of the molecule is C=O.Cc1cc(N=S(C)C)cc2ncnc(Nc3ccc(F)cc3OCC3CCOC3)c12. The van der Waals surface area contributed by atoms with Crippen LogP contribution in [0.15, 0.2) is 41.0 Å². The summed E-state index contributed by atoms with van der Waals surface area (Å²) in [5.41, 5.74) is 3.39. The van der Waals surface area contributed by atoms with Gasteiger partial charge in [0.25, 0.3) is 0 Å². The van der Waals surface area contributed by atoms with Gasteiger partial charge in [-0.2, -0.15) is 0 Å². The number of nitrogens with one attached hydrogen (secondary N) is 1. The Morgan fingerprint density at radius 1 is 1.28 bits per heavy atom. The average molecular weight is 459 g/mol. The summed E-state index contributed by atoms with van der Waals surface area (Å²) in [5, 5.41) is 4.22. The highest BCUT2D eigenvalue weighted by Crippen LogP contribution is 2.34. The lowest BCUT2D eigenvalue weighted by Crippen LogP contribution is -2.12. The van der Waals surface area contributed by atoms with E-state index in [0.717, 1.165) is 35.2 Å². The molecule has 1 aliphatic rings. The van der Waals surface area contributed by atoms with Crippen LogP contribution in [0, 0.1) is 18.7 Å². The molecular weight excluding hydrogens is 431 g/mol. The minimum absolute atomic E-state index is 0.0587. The molecule has 0 bridgehead atoms. The molecule has 4 rings (SSSR count). The molecule has 2 aromatic carbocycles. The Morgan fingerprint density at radius 3 is 2.81 bits per heavy atom. The third kappa shape index (κ3) is 5.86. The molecule has 1 N–H and O–H groups in total. The summed E-state index contributed by atoms with van der Waals surface area (Å²) < 4.78 is 29.9. The van der Waals surface area contributed by atoms with Gasteiger partial charge in [0.2, 0.25) is 0 Å². The number of fused-ring (bicyclic) bond motifs is 1. The van der Waals surface area contributed by atoms with Gasteiger partial charge in [0.1, 0.15) is 30.5 Å². The summed E-state index contributed by atoms with van der Waals surface area (Å²) in [6.45, 7) is 5.93. The maximum Gasteiger partial charge on any atom is 0.145 e. The van der Waals surface area contributed by atoms with Crippen LogP contribution in [-0.2, 0) is 20.2 Å². The Kier molecular flexibility index (Phi) is 8.24. The number of halogens is 1. The Morgan fingerprint density at radius 2 is 2.09 bits per heavy atom. The molecule has 7 nitrogen and oxygen atoms in total. The number of hydrogen-bond donors (Lipinski definition) is 1. The molecular formula is C23H27FN4O3S. The van der Waals surface area contributed by atoms with E-state index in [0.29, 0.717) is 36.4 Å².